The molecule has 0 N–H and O–H groups in total. The molecule has 2 nitrogen and oxygen atoms in total. The standard InChI is InChI=1S/C4H11O2PS2.Cu/c1-4(2)3-9-7(5,6)8;/h4H,3H2,1-2H3,(H2,5,6,8);/q;+2/p-2. The Labute approximate surface area is 81.2 Å². The van der Waals surface area contributed by atoms with Crippen LogP contribution in [0.25, 0.3) is 0 Å². The fourth-order valence-corrected chi connectivity index (χ4v) is 2.71. The van der Waals surface area contributed by atoms with E-state index in [1.807, 2.05) is 13.8 Å². The third-order valence-electron chi connectivity index (χ3n) is 0.566. The predicted molar refractivity (Wildman–Crippen MR) is 41.6 cm³/mol. The molecule has 10 heavy (non-hydrogen) atoms. The molecule has 0 heterocycles. The van der Waals surface area contributed by atoms with Crippen LogP contribution in [-0.4, -0.2) is 5.75 Å². The third-order valence-corrected chi connectivity index (χ3v) is 4.04. The quantitative estimate of drug-likeness (QED) is 0.532. The van der Waals surface area contributed by atoms with E-state index >= 15 is 0 Å². The van der Waals surface area contributed by atoms with Crippen LogP contribution < -0.4 is 9.79 Å². The molecule has 65 valence electrons. The van der Waals surface area contributed by atoms with Gasteiger partial charge in [0.2, 0.25) is 0 Å². The molecule has 0 aliphatic rings. The van der Waals surface area contributed by atoms with E-state index in [-0.39, 0.29) is 17.1 Å². The number of hydrogen-bond acceptors (Lipinski definition) is 4. The van der Waals surface area contributed by atoms with Crippen LogP contribution in [0.1, 0.15) is 13.8 Å². The molecular weight excluding hydrogens is 239 g/mol. The van der Waals surface area contributed by atoms with Crippen LogP contribution >= 0.6 is 17.1 Å². The van der Waals surface area contributed by atoms with Crippen molar-refractivity contribution in [2.75, 3.05) is 5.75 Å². The van der Waals surface area contributed by atoms with Gasteiger partial charge in [0.25, 0.3) is 0 Å². The van der Waals surface area contributed by atoms with Gasteiger partial charge in [-0.2, -0.15) is 17.1 Å². The largest absolute Gasteiger partial charge is 2.00 e. The molecule has 0 aliphatic heterocycles. The van der Waals surface area contributed by atoms with E-state index in [9.17, 15) is 9.79 Å². The van der Waals surface area contributed by atoms with Gasteiger partial charge in [-0.05, 0) is 11.7 Å². The normalized spacial score (nSPS) is 11.3. The second-order valence-electron chi connectivity index (χ2n) is 2.14. The first kappa shape index (κ1) is 14.0. The van der Waals surface area contributed by atoms with Gasteiger partial charge in [0, 0.05) is 0 Å². The minimum absolute atomic E-state index is 0. The zero-order valence-corrected chi connectivity index (χ0v) is 9.14. The Bertz CT molecular complexity index is 124. The van der Waals surface area contributed by atoms with E-state index in [0.717, 1.165) is 11.4 Å². The summed E-state index contributed by atoms with van der Waals surface area (Å²) in [4.78, 5) is 20.7. The predicted octanol–water partition coefficient (Wildman–Crippen LogP) is 0.318. The molecule has 1 radical (unpaired) electrons. The van der Waals surface area contributed by atoms with E-state index < -0.39 is 5.69 Å². The minimum atomic E-state index is -3.47. The van der Waals surface area contributed by atoms with Crippen LogP contribution in [0.15, 0.2) is 0 Å². The zero-order chi connectivity index (χ0) is 7.49. The molecule has 0 atom stereocenters. The molecule has 0 aromatic carbocycles. The molecule has 0 amide bonds. The van der Waals surface area contributed by atoms with Crippen molar-refractivity contribution in [3.63, 3.8) is 0 Å². The van der Waals surface area contributed by atoms with Crippen molar-refractivity contribution in [1.29, 1.82) is 0 Å². The van der Waals surface area contributed by atoms with E-state index in [4.69, 9.17) is 0 Å². The third kappa shape index (κ3) is 12.1. The van der Waals surface area contributed by atoms with Crippen LogP contribution in [0.3, 0.4) is 0 Å². The van der Waals surface area contributed by atoms with Crippen LogP contribution in [0.2, 0.25) is 0 Å². The van der Waals surface area contributed by atoms with E-state index in [2.05, 4.69) is 11.8 Å². The zero-order valence-electron chi connectivity index (χ0n) is 5.67. The minimum Gasteiger partial charge on any atom is -0.825 e. The van der Waals surface area contributed by atoms with Gasteiger partial charge >= 0.3 is 17.1 Å². The summed E-state index contributed by atoms with van der Waals surface area (Å²) in [5.74, 6) is 0.991. The van der Waals surface area contributed by atoms with Gasteiger partial charge in [0.15, 0.2) is 0 Å². The van der Waals surface area contributed by atoms with Gasteiger partial charge in [-0.1, -0.05) is 13.8 Å². The average molecular weight is 248 g/mol. The molecule has 0 aromatic heterocycles. The van der Waals surface area contributed by atoms with Crippen LogP contribution in [0.5, 0.6) is 0 Å². The van der Waals surface area contributed by atoms with Crippen molar-refractivity contribution >= 4 is 28.9 Å². The summed E-state index contributed by atoms with van der Waals surface area (Å²) in [6, 6.07) is 0. The second kappa shape index (κ2) is 6.01. The Morgan fingerprint density at radius 2 is 1.90 bits per heavy atom. The van der Waals surface area contributed by atoms with Crippen molar-refractivity contribution in [2.24, 2.45) is 5.92 Å². The van der Waals surface area contributed by atoms with Gasteiger partial charge in [-0.3, -0.25) is 0 Å². The number of rotatable bonds is 3. The van der Waals surface area contributed by atoms with Gasteiger partial charge in [-0.25, -0.2) is 0 Å². The molecular formula is C4H9CuO2PS2. The molecule has 0 spiro atoms. The van der Waals surface area contributed by atoms with Gasteiger partial charge in [-0.15, -0.1) is 11.8 Å². The SMILES string of the molecule is CC(C)CSP([O-])([O-])=S.[Cu+2]. The first-order valence-corrected chi connectivity index (χ1v) is 6.81. The number of hydrogen-bond donors (Lipinski definition) is 0. The topological polar surface area (TPSA) is 46.1 Å². The Morgan fingerprint density at radius 1 is 1.50 bits per heavy atom. The van der Waals surface area contributed by atoms with Crippen LogP contribution in [0, 0.1) is 5.92 Å². The van der Waals surface area contributed by atoms with Crippen LogP contribution in [0.4, 0.5) is 0 Å². The van der Waals surface area contributed by atoms with E-state index in [1.165, 1.54) is 0 Å². The molecule has 0 fully saturated rings. The van der Waals surface area contributed by atoms with Gasteiger partial charge in [0.1, 0.15) is 0 Å². The maximum Gasteiger partial charge on any atom is 2.00 e. The first-order chi connectivity index (χ1) is 3.92. The van der Waals surface area contributed by atoms with E-state index in [0.29, 0.717) is 11.7 Å². The molecule has 6 heteroatoms. The van der Waals surface area contributed by atoms with Gasteiger partial charge < -0.3 is 9.79 Å². The molecule has 0 saturated heterocycles. The monoisotopic (exact) mass is 247 g/mol. The smallest absolute Gasteiger partial charge is 0.825 e. The average Bonchev–Trinajstić information content (AvgIpc) is 1.59. The summed E-state index contributed by atoms with van der Waals surface area (Å²) >= 11 is 5.02. The van der Waals surface area contributed by atoms with Crippen LogP contribution in [-0.2, 0) is 28.9 Å². The van der Waals surface area contributed by atoms with Crippen molar-refractivity contribution in [3.8, 4) is 0 Å². The van der Waals surface area contributed by atoms with Gasteiger partial charge in [0.05, 0.1) is 0 Å². The van der Waals surface area contributed by atoms with Crippen molar-refractivity contribution in [2.45, 2.75) is 13.8 Å². The Hall–Kier alpha value is 1.44. The van der Waals surface area contributed by atoms with Crippen molar-refractivity contribution < 1.29 is 26.9 Å². The summed E-state index contributed by atoms with van der Waals surface area (Å²) in [5, 5.41) is 0. The molecule has 0 saturated carbocycles. The summed E-state index contributed by atoms with van der Waals surface area (Å²) in [5.41, 5.74) is -3.47. The molecule has 0 bridgehead atoms. The summed E-state index contributed by atoms with van der Waals surface area (Å²) in [7, 11) is 0. The molecule has 0 aliphatic carbocycles. The summed E-state index contributed by atoms with van der Waals surface area (Å²) < 4.78 is 0. The molecule has 0 rings (SSSR count). The first-order valence-electron chi connectivity index (χ1n) is 2.58. The maximum absolute atomic E-state index is 10.3. The Balaban J connectivity index is 0. The second-order valence-corrected chi connectivity index (χ2v) is 7.98. The fraction of sp³-hybridized carbons (Fsp3) is 1.00. The molecule has 0 aromatic rings. The summed E-state index contributed by atoms with van der Waals surface area (Å²) in [6.45, 7) is 3.91. The van der Waals surface area contributed by atoms with Crippen molar-refractivity contribution in [1.82, 2.24) is 0 Å². The molecule has 0 unspecified atom stereocenters. The Kier molecular flexibility index (Phi) is 8.41. The van der Waals surface area contributed by atoms with E-state index in [1.54, 1.807) is 0 Å². The summed E-state index contributed by atoms with van der Waals surface area (Å²) in [6.07, 6.45) is 0. The Morgan fingerprint density at radius 3 is 2.00 bits per heavy atom. The maximum atomic E-state index is 10.3. The fourth-order valence-electron chi connectivity index (χ4n) is 0.240. The van der Waals surface area contributed by atoms with Crippen molar-refractivity contribution in [3.05, 3.63) is 0 Å².